The average Bonchev–Trinajstić information content (AvgIpc) is 2.27. The van der Waals surface area contributed by atoms with Crippen molar-refractivity contribution in [2.24, 2.45) is 0 Å². The number of nitro benzene ring substituents is 1. The largest absolute Gasteiger partial charge is 0.480 e. The van der Waals surface area contributed by atoms with Crippen molar-refractivity contribution in [1.82, 2.24) is 0 Å². The monoisotopic (exact) mass is 245 g/mol. The predicted octanol–water partition coefficient (Wildman–Crippen LogP) is 1.80. The fourth-order valence-corrected chi connectivity index (χ4v) is 1.08. The van der Waals surface area contributed by atoms with Gasteiger partial charge in [0.05, 0.1) is 23.1 Å². The van der Waals surface area contributed by atoms with Gasteiger partial charge in [0.1, 0.15) is 5.75 Å². The molecule has 0 spiro atoms. The first-order valence-corrected chi connectivity index (χ1v) is 4.56. The molecule has 0 bridgehead atoms. The molecule has 16 heavy (non-hydrogen) atoms. The Morgan fingerprint density at radius 1 is 1.56 bits per heavy atom. The van der Waals surface area contributed by atoms with Crippen LogP contribution in [0.1, 0.15) is 0 Å². The molecule has 1 rings (SSSR count). The summed E-state index contributed by atoms with van der Waals surface area (Å²) in [6.07, 6.45) is 0. The lowest BCUT2D eigenvalue weighted by atomic mass is 10.3. The highest BCUT2D eigenvalue weighted by atomic mass is 35.5. The van der Waals surface area contributed by atoms with E-state index in [2.05, 4.69) is 4.74 Å². The van der Waals surface area contributed by atoms with Gasteiger partial charge in [-0.2, -0.15) is 0 Å². The molecule has 0 amide bonds. The summed E-state index contributed by atoms with van der Waals surface area (Å²) in [6.45, 7) is -0.350. The highest BCUT2D eigenvalue weighted by molar-refractivity contribution is 6.32. The van der Waals surface area contributed by atoms with Gasteiger partial charge in [0.25, 0.3) is 5.69 Å². The summed E-state index contributed by atoms with van der Waals surface area (Å²) in [5, 5.41) is 10.7. The molecule has 0 aliphatic heterocycles. The predicted molar refractivity (Wildman–Crippen MR) is 55.6 cm³/mol. The normalized spacial score (nSPS) is 9.62. The molecule has 0 aromatic heterocycles. The Morgan fingerprint density at radius 2 is 2.25 bits per heavy atom. The van der Waals surface area contributed by atoms with Crippen molar-refractivity contribution >= 4 is 23.3 Å². The Bertz CT molecular complexity index is 420. The van der Waals surface area contributed by atoms with E-state index in [1.165, 1.54) is 19.2 Å². The maximum Gasteiger partial charge on any atom is 0.343 e. The summed E-state index contributed by atoms with van der Waals surface area (Å²) in [5.74, 6) is -0.524. The van der Waals surface area contributed by atoms with E-state index in [4.69, 9.17) is 16.3 Å². The lowest BCUT2D eigenvalue weighted by Gasteiger charge is -2.05. The molecule has 1 aromatic carbocycles. The number of halogens is 1. The quantitative estimate of drug-likeness (QED) is 0.459. The molecule has 0 saturated carbocycles. The van der Waals surface area contributed by atoms with Crippen LogP contribution in [0.15, 0.2) is 18.2 Å². The van der Waals surface area contributed by atoms with Crippen LogP contribution in [0, 0.1) is 10.1 Å². The number of hydrogen-bond acceptors (Lipinski definition) is 5. The Labute approximate surface area is 95.9 Å². The summed E-state index contributed by atoms with van der Waals surface area (Å²) >= 11 is 5.73. The zero-order valence-corrected chi connectivity index (χ0v) is 9.06. The number of ether oxygens (including phenoxy) is 2. The number of hydrogen-bond donors (Lipinski definition) is 0. The molecule has 0 aliphatic carbocycles. The summed E-state index contributed by atoms with van der Waals surface area (Å²) < 4.78 is 9.32. The molecule has 0 fully saturated rings. The van der Waals surface area contributed by atoms with Crippen molar-refractivity contribution in [3.63, 3.8) is 0 Å². The molecule has 0 aliphatic rings. The van der Waals surface area contributed by atoms with E-state index >= 15 is 0 Å². The third-order valence-corrected chi connectivity index (χ3v) is 2.01. The second-order valence-electron chi connectivity index (χ2n) is 2.74. The summed E-state index contributed by atoms with van der Waals surface area (Å²) in [7, 11) is 1.21. The third-order valence-electron chi connectivity index (χ3n) is 1.70. The van der Waals surface area contributed by atoms with E-state index in [0.717, 1.165) is 6.07 Å². The number of carbonyl (C=O) groups is 1. The lowest BCUT2D eigenvalue weighted by molar-refractivity contribution is -0.384. The highest BCUT2D eigenvalue weighted by Crippen LogP contribution is 2.28. The molecule has 0 N–H and O–H groups in total. The molecular weight excluding hydrogens is 238 g/mol. The molecular formula is C9H8ClNO5. The van der Waals surface area contributed by atoms with Crippen LogP contribution >= 0.6 is 11.6 Å². The number of rotatable bonds is 4. The van der Waals surface area contributed by atoms with Gasteiger partial charge in [-0.15, -0.1) is 0 Å². The van der Waals surface area contributed by atoms with Crippen LogP contribution in [0.5, 0.6) is 5.75 Å². The molecule has 0 heterocycles. The molecule has 1 aromatic rings. The number of carbonyl (C=O) groups excluding carboxylic acids is 1. The first-order chi connectivity index (χ1) is 7.54. The van der Waals surface area contributed by atoms with Crippen LogP contribution in [-0.4, -0.2) is 24.6 Å². The van der Waals surface area contributed by atoms with Gasteiger partial charge < -0.3 is 9.47 Å². The molecule has 0 unspecified atom stereocenters. The molecule has 0 radical (unpaired) electrons. The number of esters is 1. The van der Waals surface area contributed by atoms with Gasteiger partial charge in [-0.3, -0.25) is 10.1 Å². The zero-order valence-electron chi connectivity index (χ0n) is 8.31. The Morgan fingerprint density at radius 3 is 2.81 bits per heavy atom. The molecule has 6 nitrogen and oxygen atoms in total. The van der Waals surface area contributed by atoms with Crippen LogP contribution in [0.25, 0.3) is 0 Å². The first kappa shape index (κ1) is 12.3. The second-order valence-corrected chi connectivity index (χ2v) is 3.14. The van der Waals surface area contributed by atoms with E-state index < -0.39 is 10.9 Å². The van der Waals surface area contributed by atoms with Crippen LogP contribution in [0.4, 0.5) is 5.69 Å². The minimum absolute atomic E-state index is 0.0706. The number of benzene rings is 1. The Kier molecular flexibility index (Phi) is 4.07. The standard InChI is InChI=1S/C9H8ClNO5/c1-15-9(12)5-16-8-4-6(11(13)14)2-3-7(8)10/h2-4H,5H2,1H3. The molecule has 0 atom stereocenters. The number of nitro groups is 1. The number of methoxy groups -OCH3 is 1. The van der Waals surface area contributed by atoms with Crippen LogP contribution in [-0.2, 0) is 9.53 Å². The minimum Gasteiger partial charge on any atom is -0.480 e. The van der Waals surface area contributed by atoms with Gasteiger partial charge in [0.2, 0.25) is 0 Å². The maximum absolute atomic E-state index is 10.8. The van der Waals surface area contributed by atoms with Gasteiger partial charge in [-0.05, 0) is 6.07 Å². The second kappa shape index (κ2) is 5.32. The SMILES string of the molecule is COC(=O)COc1cc([N+](=O)[O-])ccc1Cl. The summed E-state index contributed by atoms with van der Waals surface area (Å²) in [5.41, 5.74) is -0.163. The van der Waals surface area contributed by atoms with Crippen molar-refractivity contribution in [3.05, 3.63) is 33.3 Å². The zero-order chi connectivity index (χ0) is 12.1. The van der Waals surface area contributed by atoms with E-state index in [0.29, 0.717) is 0 Å². The van der Waals surface area contributed by atoms with Gasteiger partial charge in [-0.1, -0.05) is 11.6 Å². The molecule has 0 saturated heterocycles. The van der Waals surface area contributed by atoms with E-state index in [-0.39, 0.29) is 23.1 Å². The van der Waals surface area contributed by atoms with Crippen LogP contribution in [0.3, 0.4) is 0 Å². The fraction of sp³-hybridized carbons (Fsp3) is 0.222. The summed E-state index contributed by atoms with van der Waals surface area (Å²) in [4.78, 5) is 20.7. The number of non-ortho nitro benzene ring substituents is 1. The van der Waals surface area contributed by atoms with Gasteiger partial charge in [0, 0.05) is 6.07 Å². The van der Waals surface area contributed by atoms with E-state index in [9.17, 15) is 14.9 Å². The third kappa shape index (κ3) is 3.09. The van der Waals surface area contributed by atoms with Crippen molar-refractivity contribution in [2.45, 2.75) is 0 Å². The summed E-state index contributed by atoms with van der Waals surface area (Å²) in [6, 6.07) is 3.71. The lowest BCUT2D eigenvalue weighted by Crippen LogP contribution is -2.12. The molecule has 7 heteroatoms. The van der Waals surface area contributed by atoms with Crippen LogP contribution in [0.2, 0.25) is 5.02 Å². The fourth-order valence-electron chi connectivity index (χ4n) is 0.912. The van der Waals surface area contributed by atoms with Crippen molar-refractivity contribution in [2.75, 3.05) is 13.7 Å². The van der Waals surface area contributed by atoms with E-state index in [1.807, 2.05) is 0 Å². The van der Waals surface area contributed by atoms with Gasteiger partial charge in [0.15, 0.2) is 6.61 Å². The molecule has 86 valence electrons. The Hall–Kier alpha value is -1.82. The minimum atomic E-state index is -0.595. The maximum atomic E-state index is 10.8. The van der Waals surface area contributed by atoms with E-state index in [1.54, 1.807) is 0 Å². The topological polar surface area (TPSA) is 78.7 Å². The average molecular weight is 246 g/mol. The van der Waals surface area contributed by atoms with Crippen molar-refractivity contribution in [1.29, 1.82) is 0 Å². The smallest absolute Gasteiger partial charge is 0.343 e. The van der Waals surface area contributed by atoms with Crippen molar-refractivity contribution < 1.29 is 19.2 Å². The van der Waals surface area contributed by atoms with Crippen LogP contribution < -0.4 is 4.74 Å². The first-order valence-electron chi connectivity index (χ1n) is 4.18. The van der Waals surface area contributed by atoms with Crippen molar-refractivity contribution in [3.8, 4) is 5.75 Å². The Balaban J connectivity index is 2.82. The number of nitrogens with zero attached hydrogens (tertiary/aromatic N) is 1. The van der Waals surface area contributed by atoms with Gasteiger partial charge in [-0.25, -0.2) is 4.79 Å². The van der Waals surface area contributed by atoms with Gasteiger partial charge >= 0.3 is 5.97 Å². The highest BCUT2D eigenvalue weighted by Gasteiger charge is 2.12.